The molecule has 7 heteroatoms. The smallest absolute Gasteiger partial charge is 0.239 e. The summed E-state index contributed by atoms with van der Waals surface area (Å²) in [6.07, 6.45) is 2.80. The van der Waals surface area contributed by atoms with Crippen LogP contribution in [0, 0.1) is 0 Å². The quantitative estimate of drug-likeness (QED) is 0.776. The molecule has 1 aromatic rings. The third-order valence-electron chi connectivity index (χ3n) is 3.47. The average Bonchev–Trinajstić information content (AvgIpc) is 2.84. The molecule has 1 unspecified atom stereocenters. The maximum Gasteiger partial charge on any atom is 0.239 e. The van der Waals surface area contributed by atoms with Gasteiger partial charge in [-0.25, -0.2) is 0 Å². The van der Waals surface area contributed by atoms with E-state index < -0.39 is 0 Å². The zero-order valence-corrected chi connectivity index (χ0v) is 12.8. The lowest BCUT2D eigenvalue weighted by Crippen LogP contribution is -2.55. The van der Waals surface area contributed by atoms with Crippen molar-refractivity contribution < 1.29 is 9.53 Å². The van der Waals surface area contributed by atoms with Crippen molar-refractivity contribution in [3.8, 4) is 0 Å². The molecule has 0 radical (unpaired) electrons. The summed E-state index contributed by atoms with van der Waals surface area (Å²) in [6.45, 7) is 7.51. The predicted molar refractivity (Wildman–Crippen MR) is 80.7 cm³/mol. The number of amides is 1. The zero-order valence-electron chi connectivity index (χ0n) is 12.8. The highest BCUT2D eigenvalue weighted by atomic mass is 16.5. The van der Waals surface area contributed by atoms with Crippen molar-refractivity contribution in [2.45, 2.75) is 38.9 Å². The fourth-order valence-electron chi connectivity index (χ4n) is 2.47. The van der Waals surface area contributed by atoms with E-state index in [0.29, 0.717) is 19.0 Å². The number of aryl methyl sites for hydroxylation is 1. The predicted octanol–water partition coefficient (Wildman–Crippen LogP) is 0.0808. The maximum absolute atomic E-state index is 12.2. The molecule has 118 valence electrons. The molecule has 0 aromatic carbocycles. The molecule has 21 heavy (non-hydrogen) atoms. The van der Waals surface area contributed by atoms with Crippen LogP contribution in [0.25, 0.3) is 0 Å². The summed E-state index contributed by atoms with van der Waals surface area (Å²) in [5.41, 5.74) is 5.59. The van der Waals surface area contributed by atoms with Crippen molar-refractivity contribution in [1.29, 1.82) is 0 Å². The number of nitrogens with two attached hydrogens (primary N) is 1. The van der Waals surface area contributed by atoms with E-state index in [0.717, 1.165) is 26.1 Å². The second-order valence-corrected chi connectivity index (χ2v) is 5.65. The molecule has 2 rings (SSSR count). The summed E-state index contributed by atoms with van der Waals surface area (Å²) in [4.78, 5) is 14.4. The summed E-state index contributed by atoms with van der Waals surface area (Å²) >= 11 is 0. The topological polar surface area (TPSA) is 85.4 Å². The van der Waals surface area contributed by atoms with Crippen LogP contribution in [-0.2, 0) is 16.1 Å². The summed E-state index contributed by atoms with van der Waals surface area (Å²) in [5, 5.41) is 7.12. The Kier molecular flexibility index (Phi) is 5.58. The molecule has 1 saturated heterocycles. The normalized spacial score (nSPS) is 19.9. The van der Waals surface area contributed by atoms with Crippen LogP contribution < -0.4 is 11.1 Å². The van der Waals surface area contributed by atoms with Crippen molar-refractivity contribution in [3.05, 3.63) is 12.3 Å². The van der Waals surface area contributed by atoms with Gasteiger partial charge in [0.2, 0.25) is 5.91 Å². The lowest BCUT2D eigenvalue weighted by atomic mass is 10.2. The highest BCUT2D eigenvalue weighted by molar-refractivity contribution is 5.82. The Balaban J connectivity index is 1.82. The van der Waals surface area contributed by atoms with E-state index in [1.54, 1.807) is 6.07 Å². The minimum absolute atomic E-state index is 0.0491. The fourth-order valence-corrected chi connectivity index (χ4v) is 2.47. The van der Waals surface area contributed by atoms with E-state index >= 15 is 0 Å². The first-order chi connectivity index (χ1) is 10.1. The van der Waals surface area contributed by atoms with Gasteiger partial charge in [-0.05, 0) is 26.3 Å². The molecule has 1 fully saturated rings. The second-order valence-electron chi connectivity index (χ2n) is 5.65. The first kappa shape index (κ1) is 15.8. The van der Waals surface area contributed by atoms with Gasteiger partial charge >= 0.3 is 0 Å². The van der Waals surface area contributed by atoms with Crippen LogP contribution in [0.2, 0.25) is 0 Å². The number of rotatable bonds is 6. The third kappa shape index (κ3) is 4.71. The number of carbonyl (C=O) groups excluding carboxylic acids is 1. The number of ether oxygens (including phenoxy) is 1. The Morgan fingerprint density at radius 3 is 3.05 bits per heavy atom. The molecule has 0 aliphatic carbocycles. The lowest BCUT2D eigenvalue weighted by molar-refractivity contribution is -0.133. The van der Waals surface area contributed by atoms with Crippen LogP contribution in [0.5, 0.6) is 0 Å². The number of morpholine rings is 1. The Bertz CT molecular complexity index is 460. The number of nitrogen functional groups attached to an aromatic ring is 1. The van der Waals surface area contributed by atoms with Crippen LogP contribution in [0.15, 0.2) is 12.3 Å². The van der Waals surface area contributed by atoms with E-state index in [2.05, 4.69) is 15.3 Å². The number of hydrogen-bond donors (Lipinski definition) is 2. The van der Waals surface area contributed by atoms with Gasteiger partial charge in [0.25, 0.3) is 0 Å². The molecule has 2 heterocycles. The second kappa shape index (κ2) is 7.42. The molecule has 1 aliphatic heterocycles. The molecular weight excluding hydrogens is 270 g/mol. The van der Waals surface area contributed by atoms with E-state index in [9.17, 15) is 4.79 Å². The van der Waals surface area contributed by atoms with Crippen molar-refractivity contribution in [3.63, 3.8) is 0 Å². The van der Waals surface area contributed by atoms with Gasteiger partial charge in [0.05, 0.1) is 13.2 Å². The number of aromatic nitrogens is 2. The lowest BCUT2D eigenvalue weighted by Gasteiger charge is -2.34. The maximum atomic E-state index is 12.2. The Morgan fingerprint density at radius 1 is 1.57 bits per heavy atom. The summed E-state index contributed by atoms with van der Waals surface area (Å²) in [5.74, 6) is 0.587. The summed E-state index contributed by atoms with van der Waals surface area (Å²) < 4.78 is 7.28. The van der Waals surface area contributed by atoms with Gasteiger partial charge < -0.3 is 15.8 Å². The Labute approximate surface area is 125 Å². The van der Waals surface area contributed by atoms with Gasteiger partial charge in [0.1, 0.15) is 11.9 Å². The summed E-state index contributed by atoms with van der Waals surface area (Å²) in [7, 11) is 0. The van der Waals surface area contributed by atoms with Gasteiger partial charge in [-0.1, -0.05) is 0 Å². The minimum atomic E-state index is -0.191. The third-order valence-corrected chi connectivity index (χ3v) is 3.47. The van der Waals surface area contributed by atoms with E-state index in [-0.39, 0.29) is 18.0 Å². The number of carbonyl (C=O) groups is 1. The Morgan fingerprint density at radius 2 is 2.38 bits per heavy atom. The summed E-state index contributed by atoms with van der Waals surface area (Å²) in [6, 6.07) is 1.74. The first-order valence-corrected chi connectivity index (χ1v) is 7.47. The van der Waals surface area contributed by atoms with Gasteiger partial charge in [-0.2, -0.15) is 5.10 Å². The van der Waals surface area contributed by atoms with Crippen molar-refractivity contribution in [1.82, 2.24) is 20.0 Å². The molecule has 0 spiro atoms. The van der Waals surface area contributed by atoms with Crippen LogP contribution >= 0.6 is 0 Å². The molecule has 7 nitrogen and oxygen atoms in total. The molecule has 1 aliphatic rings. The highest BCUT2D eigenvalue weighted by Gasteiger charge is 2.29. The van der Waals surface area contributed by atoms with Crippen molar-refractivity contribution >= 4 is 11.7 Å². The number of nitrogens with zero attached hydrogens (tertiary/aromatic N) is 3. The van der Waals surface area contributed by atoms with Gasteiger partial charge in [0.15, 0.2) is 0 Å². The number of hydrogen-bond acceptors (Lipinski definition) is 5. The van der Waals surface area contributed by atoms with Crippen molar-refractivity contribution in [2.75, 3.05) is 32.0 Å². The molecule has 0 bridgehead atoms. The monoisotopic (exact) mass is 295 g/mol. The molecule has 1 aromatic heterocycles. The van der Waals surface area contributed by atoms with E-state index in [1.807, 2.05) is 24.7 Å². The highest BCUT2D eigenvalue weighted by Crippen LogP contribution is 2.09. The molecule has 0 saturated carbocycles. The van der Waals surface area contributed by atoms with Gasteiger partial charge in [0, 0.05) is 31.9 Å². The SMILES string of the molecule is CC(C)NC(=O)C1COCCN1CCCn1ccc(N)n1. The van der Waals surface area contributed by atoms with Crippen LogP contribution in [-0.4, -0.2) is 59.0 Å². The van der Waals surface area contributed by atoms with Gasteiger partial charge in [-0.3, -0.25) is 14.4 Å². The molecular formula is C14H25N5O2. The molecule has 1 amide bonds. The first-order valence-electron chi connectivity index (χ1n) is 7.47. The van der Waals surface area contributed by atoms with E-state index in [4.69, 9.17) is 10.5 Å². The molecule has 1 atom stereocenters. The average molecular weight is 295 g/mol. The number of anilines is 1. The van der Waals surface area contributed by atoms with Crippen LogP contribution in [0.3, 0.4) is 0 Å². The zero-order chi connectivity index (χ0) is 15.2. The standard InChI is InChI=1S/C14H25N5O2/c1-11(2)16-14(20)12-10-21-9-8-18(12)5-3-6-19-7-4-13(15)17-19/h4,7,11-12H,3,5-6,8-10H2,1-2H3,(H2,15,17)(H,16,20). The fraction of sp³-hybridized carbons (Fsp3) is 0.714. The number of nitrogens with one attached hydrogen (secondary N) is 1. The van der Waals surface area contributed by atoms with Crippen LogP contribution in [0.4, 0.5) is 5.82 Å². The van der Waals surface area contributed by atoms with Crippen molar-refractivity contribution in [2.24, 2.45) is 0 Å². The largest absolute Gasteiger partial charge is 0.382 e. The van der Waals surface area contributed by atoms with E-state index in [1.165, 1.54) is 0 Å². The van der Waals surface area contributed by atoms with Crippen LogP contribution in [0.1, 0.15) is 20.3 Å². The Hall–Kier alpha value is -1.60. The molecule has 3 N–H and O–H groups in total. The minimum Gasteiger partial charge on any atom is -0.382 e. The van der Waals surface area contributed by atoms with Gasteiger partial charge in [-0.15, -0.1) is 0 Å².